The van der Waals surface area contributed by atoms with Crippen molar-refractivity contribution in [1.29, 1.82) is 0 Å². The summed E-state index contributed by atoms with van der Waals surface area (Å²) in [7, 11) is 0. The second kappa shape index (κ2) is 3.73. The fourth-order valence-electron chi connectivity index (χ4n) is 1.82. The van der Waals surface area contributed by atoms with Crippen LogP contribution in [0.3, 0.4) is 0 Å². The van der Waals surface area contributed by atoms with Crippen LogP contribution in [0.25, 0.3) is 0 Å². The summed E-state index contributed by atoms with van der Waals surface area (Å²) >= 11 is 1.67. The van der Waals surface area contributed by atoms with Crippen LogP contribution in [0.4, 0.5) is 0 Å². The predicted molar refractivity (Wildman–Crippen MR) is 58.9 cm³/mol. The van der Waals surface area contributed by atoms with Crippen LogP contribution < -0.4 is 0 Å². The van der Waals surface area contributed by atoms with E-state index in [1.807, 2.05) is 17.2 Å². The molecule has 1 aliphatic heterocycles. The molecule has 2 heterocycles. The molecular formula is C11H15NOS. The molecule has 1 amide bonds. The monoisotopic (exact) mass is 209 g/mol. The Morgan fingerprint density at radius 2 is 2.00 bits per heavy atom. The summed E-state index contributed by atoms with van der Waals surface area (Å²) in [5.41, 5.74) is 2.07. The van der Waals surface area contributed by atoms with E-state index in [4.69, 9.17) is 0 Å². The van der Waals surface area contributed by atoms with E-state index in [9.17, 15) is 4.79 Å². The Morgan fingerprint density at radius 1 is 1.36 bits per heavy atom. The minimum atomic E-state index is 0.226. The molecular weight excluding hydrogens is 194 g/mol. The van der Waals surface area contributed by atoms with Crippen molar-refractivity contribution in [3.8, 4) is 0 Å². The first-order chi connectivity index (χ1) is 6.70. The molecule has 1 fully saturated rings. The molecule has 0 saturated carbocycles. The van der Waals surface area contributed by atoms with E-state index in [0.29, 0.717) is 0 Å². The Kier molecular flexibility index (Phi) is 2.59. The van der Waals surface area contributed by atoms with Gasteiger partial charge < -0.3 is 4.90 Å². The van der Waals surface area contributed by atoms with Crippen LogP contribution in [0, 0.1) is 13.8 Å². The van der Waals surface area contributed by atoms with Crippen LogP contribution in [0.2, 0.25) is 0 Å². The minimum absolute atomic E-state index is 0.226. The minimum Gasteiger partial charge on any atom is -0.339 e. The third kappa shape index (κ3) is 1.57. The Labute approximate surface area is 88.5 Å². The molecule has 2 rings (SSSR count). The number of rotatable bonds is 1. The van der Waals surface area contributed by atoms with E-state index in [1.165, 1.54) is 4.88 Å². The van der Waals surface area contributed by atoms with E-state index >= 15 is 0 Å². The van der Waals surface area contributed by atoms with Crippen molar-refractivity contribution in [1.82, 2.24) is 4.90 Å². The van der Waals surface area contributed by atoms with E-state index < -0.39 is 0 Å². The van der Waals surface area contributed by atoms with Crippen LogP contribution in [0.15, 0.2) is 5.38 Å². The molecule has 0 aromatic carbocycles. The van der Waals surface area contributed by atoms with Crippen molar-refractivity contribution in [2.45, 2.75) is 26.7 Å². The van der Waals surface area contributed by atoms with E-state index in [0.717, 1.165) is 37.1 Å². The summed E-state index contributed by atoms with van der Waals surface area (Å²) < 4.78 is 0. The van der Waals surface area contributed by atoms with Gasteiger partial charge in [0.1, 0.15) is 0 Å². The molecule has 0 N–H and O–H groups in total. The number of hydrogen-bond donors (Lipinski definition) is 0. The maximum atomic E-state index is 12.0. The summed E-state index contributed by atoms with van der Waals surface area (Å²) in [4.78, 5) is 15.2. The molecule has 76 valence electrons. The molecule has 1 saturated heterocycles. The van der Waals surface area contributed by atoms with Gasteiger partial charge in [0.2, 0.25) is 0 Å². The van der Waals surface area contributed by atoms with Crippen molar-refractivity contribution in [2.24, 2.45) is 0 Å². The van der Waals surface area contributed by atoms with Crippen molar-refractivity contribution >= 4 is 17.2 Å². The number of amides is 1. The Bertz CT molecular complexity index is 350. The quantitative estimate of drug-likeness (QED) is 0.696. The van der Waals surface area contributed by atoms with Crippen molar-refractivity contribution in [3.63, 3.8) is 0 Å². The van der Waals surface area contributed by atoms with E-state index in [1.54, 1.807) is 11.3 Å². The maximum Gasteiger partial charge on any atom is 0.254 e. The topological polar surface area (TPSA) is 20.3 Å². The molecule has 3 heteroatoms. The van der Waals surface area contributed by atoms with Gasteiger partial charge in [0.05, 0.1) is 5.56 Å². The smallest absolute Gasteiger partial charge is 0.254 e. The zero-order valence-electron chi connectivity index (χ0n) is 8.67. The van der Waals surface area contributed by atoms with Gasteiger partial charge in [0.15, 0.2) is 0 Å². The zero-order valence-corrected chi connectivity index (χ0v) is 9.49. The summed E-state index contributed by atoms with van der Waals surface area (Å²) in [6.07, 6.45) is 2.32. The highest BCUT2D eigenvalue weighted by Crippen LogP contribution is 2.23. The lowest BCUT2D eigenvalue weighted by molar-refractivity contribution is 0.0792. The van der Waals surface area contributed by atoms with Gasteiger partial charge in [-0.1, -0.05) is 0 Å². The van der Waals surface area contributed by atoms with Crippen LogP contribution in [0.5, 0.6) is 0 Å². The molecule has 0 spiro atoms. The molecule has 1 aliphatic rings. The maximum absolute atomic E-state index is 12.0. The standard InChI is InChI=1S/C11H15NOS/c1-8-9(2)14-7-10(8)11(13)12-5-3-4-6-12/h7H,3-6H2,1-2H3. The first-order valence-electron chi connectivity index (χ1n) is 5.04. The van der Waals surface area contributed by atoms with Crippen molar-refractivity contribution in [3.05, 3.63) is 21.4 Å². The van der Waals surface area contributed by atoms with Gasteiger partial charge >= 0.3 is 0 Å². The fourth-order valence-corrected chi connectivity index (χ4v) is 2.67. The third-order valence-electron chi connectivity index (χ3n) is 2.91. The summed E-state index contributed by atoms with van der Waals surface area (Å²) in [6.45, 7) is 5.98. The SMILES string of the molecule is Cc1scc(C(=O)N2CCCC2)c1C. The van der Waals surface area contributed by atoms with E-state index in [2.05, 4.69) is 6.92 Å². The normalized spacial score (nSPS) is 16.3. The number of aryl methyl sites for hydroxylation is 1. The fraction of sp³-hybridized carbons (Fsp3) is 0.545. The molecule has 0 bridgehead atoms. The second-order valence-corrected chi connectivity index (χ2v) is 4.91. The number of carbonyl (C=O) groups excluding carboxylic acids is 1. The van der Waals surface area contributed by atoms with Gasteiger partial charge in [0, 0.05) is 23.3 Å². The van der Waals surface area contributed by atoms with Gasteiger partial charge in [0.25, 0.3) is 5.91 Å². The number of nitrogens with zero attached hydrogens (tertiary/aromatic N) is 1. The highest BCUT2D eigenvalue weighted by Gasteiger charge is 2.21. The van der Waals surface area contributed by atoms with Gasteiger partial charge in [-0.15, -0.1) is 11.3 Å². The largest absolute Gasteiger partial charge is 0.339 e. The number of hydrogen-bond acceptors (Lipinski definition) is 2. The lowest BCUT2D eigenvalue weighted by Gasteiger charge is -2.14. The molecule has 0 unspecified atom stereocenters. The average Bonchev–Trinajstić information content (AvgIpc) is 2.77. The van der Waals surface area contributed by atoms with Crippen molar-refractivity contribution < 1.29 is 4.79 Å². The molecule has 14 heavy (non-hydrogen) atoms. The Hall–Kier alpha value is -0.830. The number of carbonyl (C=O) groups is 1. The first kappa shape index (κ1) is 9.71. The summed E-state index contributed by atoms with van der Waals surface area (Å²) in [5, 5.41) is 1.99. The lowest BCUT2D eigenvalue weighted by Crippen LogP contribution is -2.27. The summed E-state index contributed by atoms with van der Waals surface area (Å²) in [5.74, 6) is 0.226. The highest BCUT2D eigenvalue weighted by atomic mass is 32.1. The predicted octanol–water partition coefficient (Wildman–Crippen LogP) is 2.60. The van der Waals surface area contributed by atoms with Gasteiger partial charge in [-0.25, -0.2) is 0 Å². The Balaban J connectivity index is 2.22. The third-order valence-corrected chi connectivity index (χ3v) is 3.92. The molecule has 1 aromatic heterocycles. The average molecular weight is 209 g/mol. The number of thiophene rings is 1. The van der Waals surface area contributed by atoms with Gasteiger partial charge in [-0.2, -0.15) is 0 Å². The van der Waals surface area contributed by atoms with E-state index in [-0.39, 0.29) is 5.91 Å². The number of likely N-dealkylation sites (tertiary alicyclic amines) is 1. The highest BCUT2D eigenvalue weighted by molar-refractivity contribution is 7.10. The first-order valence-corrected chi connectivity index (χ1v) is 5.92. The van der Waals surface area contributed by atoms with Gasteiger partial charge in [-0.3, -0.25) is 4.79 Å². The van der Waals surface area contributed by atoms with Crippen LogP contribution in [-0.4, -0.2) is 23.9 Å². The van der Waals surface area contributed by atoms with Crippen molar-refractivity contribution in [2.75, 3.05) is 13.1 Å². The molecule has 2 nitrogen and oxygen atoms in total. The Morgan fingerprint density at radius 3 is 2.50 bits per heavy atom. The molecule has 0 atom stereocenters. The van der Waals surface area contributed by atoms with Crippen LogP contribution >= 0.6 is 11.3 Å². The molecule has 1 aromatic rings. The molecule has 0 aliphatic carbocycles. The summed E-state index contributed by atoms with van der Waals surface area (Å²) in [6, 6.07) is 0. The zero-order chi connectivity index (χ0) is 10.1. The van der Waals surface area contributed by atoms with Crippen LogP contribution in [-0.2, 0) is 0 Å². The van der Waals surface area contributed by atoms with Crippen LogP contribution in [0.1, 0.15) is 33.6 Å². The van der Waals surface area contributed by atoms with Gasteiger partial charge in [-0.05, 0) is 32.3 Å². The lowest BCUT2D eigenvalue weighted by atomic mass is 10.1. The molecule has 0 radical (unpaired) electrons. The second-order valence-electron chi connectivity index (χ2n) is 3.83.